The second kappa shape index (κ2) is 5.09. The zero-order chi connectivity index (χ0) is 14.9. The van der Waals surface area contributed by atoms with Gasteiger partial charge < -0.3 is 15.2 Å². The first kappa shape index (κ1) is 13.4. The van der Waals surface area contributed by atoms with Crippen LogP contribution < -0.4 is 10.1 Å². The van der Waals surface area contributed by atoms with Crippen LogP contribution in [0.1, 0.15) is 12.0 Å². The van der Waals surface area contributed by atoms with Crippen LogP contribution in [-0.2, 0) is 10.3 Å². The van der Waals surface area contributed by atoms with Crippen molar-refractivity contribution in [2.24, 2.45) is 0 Å². The Labute approximate surface area is 121 Å². The van der Waals surface area contributed by atoms with Gasteiger partial charge in [-0.25, -0.2) is 9.18 Å². The van der Waals surface area contributed by atoms with Crippen LogP contribution in [0.3, 0.4) is 0 Å². The van der Waals surface area contributed by atoms with Crippen LogP contribution in [0.4, 0.5) is 10.1 Å². The molecule has 0 aliphatic carbocycles. The molecule has 0 saturated heterocycles. The Morgan fingerprint density at radius 3 is 2.62 bits per heavy atom. The molecule has 2 N–H and O–H groups in total. The molecule has 1 heterocycles. The number of para-hydroxylation sites is 1. The van der Waals surface area contributed by atoms with E-state index in [0.717, 1.165) is 0 Å². The summed E-state index contributed by atoms with van der Waals surface area (Å²) in [4.78, 5) is 11.9. The zero-order valence-corrected chi connectivity index (χ0v) is 11.2. The molecule has 0 amide bonds. The van der Waals surface area contributed by atoms with E-state index in [2.05, 4.69) is 5.32 Å². The molecule has 5 heteroatoms. The van der Waals surface area contributed by atoms with E-state index in [4.69, 9.17) is 4.74 Å². The summed E-state index contributed by atoms with van der Waals surface area (Å²) in [6.07, 6.45) is 0.288. The SMILES string of the molecule is O=C(O)C1(Nc2ccc(F)cc2)CCOc2ccccc21. The molecule has 0 radical (unpaired) electrons. The second-order valence-electron chi connectivity index (χ2n) is 4.94. The molecule has 1 unspecified atom stereocenters. The van der Waals surface area contributed by atoms with Gasteiger partial charge in [-0.3, -0.25) is 0 Å². The quantitative estimate of drug-likeness (QED) is 0.911. The highest BCUT2D eigenvalue weighted by Gasteiger charge is 2.44. The van der Waals surface area contributed by atoms with Gasteiger partial charge in [0, 0.05) is 17.7 Å². The molecule has 1 atom stereocenters. The molecule has 0 aromatic heterocycles. The maximum absolute atomic E-state index is 13.0. The van der Waals surface area contributed by atoms with Crippen molar-refractivity contribution in [3.05, 3.63) is 59.9 Å². The summed E-state index contributed by atoms with van der Waals surface area (Å²) in [5.74, 6) is -0.791. The normalized spacial score (nSPS) is 20.2. The monoisotopic (exact) mass is 287 g/mol. The van der Waals surface area contributed by atoms with Crippen molar-refractivity contribution in [2.45, 2.75) is 12.0 Å². The predicted molar refractivity (Wildman–Crippen MR) is 75.9 cm³/mol. The Balaban J connectivity index is 2.05. The van der Waals surface area contributed by atoms with Crippen LogP contribution in [0.15, 0.2) is 48.5 Å². The van der Waals surface area contributed by atoms with E-state index in [9.17, 15) is 14.3 Å². The van der Waals surface area contributed by atoms with Crippen LogP contribution in [0.25, 0.3) is 0 Å². The van der Waals surface area contributed by atoms with Crippen molar-refractivity contribution in [1.82, 2.24) is 0 Å². The summed E-state index contributed by atoms with van der Waals surface area (Å²) in [7, 11) is 0. The van der Waals surface area contributed by atoms with Gasteiger partial charge >= 0.3 is 5.97 Å². The topological polar surface area (TPSA) is 58.6 Å². The van der Waals surface area contributed by atoms with E-state index >= 15 is 0 Å². The highest BCUT2D eigenvalue weighted by atomic mass is 19.1. The maximum atomic E-state index is 13.0. The Bertz CT molecular complexity index is 671. The summed E-state index contributed by atoms with van der Waals surface area (Å²) < 4.78 is 18.5. The summed E-state index contributed by atoms with van der Waals surface area (Å²) in [5, 5.41) is 12.8. The minimum atomic E-state index is -1.27. The van der Waals surface area contributed by atoms with Gasteiger partial charge in [-0.15, -0.1) is 0 Å². The molecular formula is C16H14FNO3. The second-order valence-corrected chi connectivity index (χ2v) is 4.94. The third-order valence-electron chi connectivity index (χ3n) is 3.65. The molecule has 2 aromatic carbocycles. The van der Waals surface area contributed by atoms with E-state index in [1.807, 2.05) is 0 Å². The van der Waals surface area contributed by atoms with Gasteiger partial charge in [0.25, 0.3) is 0 Å². The fraction of sp³-hybridized carbons (Fsp3) is 0.188. The lowest BCUT2D eigenvalue weighted by Gasteiger charge is -2.36. The number of carboxylic acid groups (broad SMARTS) is 1. The lowest BCUT2D eigenvalue weighted by atomic mass is 9.84. The van der Waals surface area contributed by atoms with E-state index in [1.54, 1.807) is 24.3 Å². The molecule has 1 aliphatic rings. The number of hydrogen-bond donors (Lipinski definition) is 2. The summed E-state index contributed by atoms with van der Waals surface area (Å²) in [6, 6.07) is 12.7. The van der Waals surface area contributed by atoms with Gasteiger partial charge in [0.05, 0.1) is 6.61 Å². The standard InChI is InChI=1S/C16H14FNO3/c17-11-5-7-12(8-6-11)18-16(15(19)20)9-10-21-14-4-2-1-3-13(14)16/h1-8,18H,9-10H2,(H,19,20). The van der Waals surface area contributed by atoms with Crippen molar-refractivity contribution in [3.63, 3.8) is 0 Å². The molecule has 1 aliphatic heterocycles. The molecule has 21 heavy (non-hydrogen) atoms. The summed E-state index contributed by atoms with van der Waals surface area (Å²) >= 11 is 0. The minimum absolute atomic E-state index is 0.288. The Morgan fingerprint density at radius 2 is 1.90 bits per heavy atom. The number of ether oxygens (including phenoxy) is 1. The number of hydrogen-bond acceptors (Lipinski definition) is 3. The molecule has 0 spiro atoms. The number of carboxylic acids is 1. The van der Waals surface area contributed by atoms with Gasteiger partial charge in [0.2, 0.25) is 0 Å². The van der Waals surface area contributed by atoms with Crippen molar-refractivity contribution in [3.8, 4) is 5.75 Å². The average molecular weight is 287 g/mol. The number of benzene rings is 2. The number of aliphatic carboxylic acids is 1. The highest BCUT2D eigenvalue weighted by Crippen LogP contribution is 2.39. The molecular weight excluding hydrogens is 273 g/mol. The minimum Gasteiger partial charge on any atom is -0.493 e. The van der Waals surface area contributed by atoms with Gasteiger partial charge in [0.1, 0.15) is 11.6 Å². The Hall–Kier alpha value is -2.56. The first-order valence-corrected chi connectivity index (χ1v) is 6.61. The van der Waals surface area contributed by atoms with E-state index in [0.29, 0.717) is 23.6 Å². The number of nitrogens with one attached hydrogen (secondary N) is 1. The number of carbonyl (C=O) groups is 1. The van der Waals surface area contributed by atoms with Crippen LogP contribution in [0.5, 0.6) is 5.75 Å². The van der Waals surface area contributed by atoms with Crippen LogP contribution in [0.2, 0.25) is 0 Å². The first-order chi connectivity index (χ1) is 10.1. The van der Waals surface area contributed by atoms with E-state index < -0.39 is 11.5 Å². The van der Waals surface area contributed by atoms with Crippen molar-refractivity contribution in [2.75, 3.05) is 11.9 Å². The Kier molecular flexibility index (Phi) is 3.25. The van der Waals surface area contributed by atoms with Gasteiger partial charge in [-0.1, -0.05) is 18.2 Å². The third-order valence-corrected chi connectivity index (χ3v) is 3.65. The van der Waals surface area contributed by atoms with E-state index in [1.165, 1.54) is 24.3 Å². The van der Waals surface area contributed by atoms with E-state index in [-0.39, 0.29) is 12.2 Å². The predicted octanol–water partition coefficient (Wildman–Crippen LogP) is 3.00. The fourth-order valence-electron chi connectivity index (χ4n) is 2.58. The number of fused-ring (bicyclic) bond motifs is 1. The largest absolute Gasteiger partial charge is 0.493 e. The molecule has 4 nitrogen and oxygen atoms in total. The van der Waals surface area contributed by atoms with Crippen LogP contribution >= 0.6 is 0 Å². The van der Waals surface area contributed by atoms with Gasteiger partial charge in [-0.2, -0.15) is 0 Å². The Morgan fingerprint density at radius 1 is 1.19 bits per heavy atom. The van der Waals surface area contributed by atoms with Crippen molar-refractivity contribution >= 4 is 11.7 Å². The lowest BCUT2D eigenvalue weighted by Crippen LogP contribution is -2.47. The van der Waals surface area contributed by atoms with Gasteiger partial charge in [-0.05, 0) is 30.3 Å². The molecule has 3 rings (SSSR count). The molecule has 2 aromatic rings. The first-order valence-electron chi connectivity index (χ1n) is 6.61. The number of anilines is 1. The lowest BCUT2D eigenvalue weighted by molar-refractivity contribution is -0.143. The summed E-state index contributed by atoms with van der Waals surface area (Å²) in [6.45, 7) is 0.303. The fourth-order valence-corrected chi connectivity index (χ4v) is 2.58. The molecule has 0 fully saturated rings. The maximum Gasteiger partial charge on any atom is 0.334 e. The summed E-state index contributed by atoms with van der Waals surface area (Å²) in [5.41, 5.74) is -0.143. The highest BCUT2D eigenvalue weighted by molar-refractivity contribution is 5.86. The van der Waals surface area contributed by atoms with Crippen molar-refractivity contribution < 1.29 is 19.0 Å². The smallest absolute Gasteiger partial charge is 0.334 e. The third kappa shape index (κ3) is 2.31. The number of rotatable bonds is 3. The van der Waals surface area contributed by atoms with Gasteiger partial charge in [0.15, 0.2) is 5.54 Å². The van der Waals surface area contributed by atoms with Crippen LogP contribution in [0, 0.1) is 5.82 Å². The molecule has 108 valence electrons. The number of halogens is 1. The van der Waals surface area contributed by atoms with Crippen molar-refractivity contribution in [1.29, 1.82) is 0 Å². The zero-order valence-electron chi connectivity index (χ0n) is 11.2. The molecule has 0 bridgehead atoms. The van der Waals surface area contributed by atoms with Crippen LogP contribution in [-0.4, -0.2) is 17.7 Å². The average Bonchev–Trinajstić information content (AvgIpc) is 2.50. The molecule has 0 saturated carbocycles.